The molecule has 0 radical (unpaired) electrons. The Kier molecular flexibility index (Phi) is 12.5. The molecular weight excluding hydrogens is 788 g/mol. The van der Waals surface area contributed by atoms with Crippen LogP contribution in [-0.4, -0.2) is 129 Å². The molecule has 2 aromatic carbocycles. The topological polar surface area (TPSA) is 214 Å². The summed E-state index contributed by atoms with van der Waals surface area (Å²) in [5.41, 5.74) is 1.69. The van der Waals surface area contributed by atoms with Crippen LogP contribution in [0.25, 0.3) is 0 Å². The number of carbonyl (C=O) groups excluding carboxylic acids is 6. The van der Waals surface area contributed by atoms with E-state index in [1.54, 1.807) is 24.3 Å². The Bertz CT molecular complexity index is 2190. The van der Waals surface area contributed by atoms with Crippen molar-refractivity contribution in [2.24, 2.45) is 0 Å². The summed E-state index contributed by atoms with van der Waals surface area (Å²) >= 11 is 0. The van der Waals surface area contributed by atoms with Crippen molar-refractivity contribution in [3.8, 4) is 5.75 Å². The van der Waals surface area contributed by atoms with E-state index in [1.165, 1.54) is 37.4 Å². The highest BCUT2D eigenvalue weighted by molar-refractivity contribution is 6.25. The molecule has 0 spiro atoms. The Morgan fingerprint density at radius 1 is 0.950 bits per heavy atom. The Morgan fingerprint density at radius 2 is 1.70 bits per heavy atom. The number of rotatable bonds is 16. The lowest BCUT2D eigenvalue weighted by Gasteiger charge is -2.31. The highest BCUT2D eigenvalue weighted by Gasteiger charge is 2.49. The number of imide groups is 2. The molecule has 60 heavy (non-hydrogen) atoms. The fraction of sp³-hybridized carbons (Fsp3) is 0.450. The number of carbonyl (C=O) groups is 6. The van der Waals surface area contributed by atoms with Gasteiger partial charge in [0.2, 0.25) is 17.8 Å². The molecule has 318 valence electrons. The summed E-state index contributed by atoms with van der Waals surface area (Å²) in [4.78, 5) is 88.0. The van der Waals surface area contributed by atoms with Gasteiger partial charge in [-0.1, -0.05) is 18.9 Å². The Morgan fingerprint density at radius 3 is 2.43 bits per heavy atom. The summed E-state index contributed by atoms with van der Waals surface area (Å²) in [6.07, 6.45) is 4.67. The van der Waals surface area contributed by atoms with Crippen LogP contribution >= 0.6 is 0 Å². The minimum Gasteiger partial charge on any atom is -0.495 e. The molecule has 4 heterocycles. The number of nitrogens with one attached hydrogen (secondary N) is 4. The van der Waals surface area contributed by atoms with Gasteiger partial charge in [0.25, 0.3) is 23.6 Å². The van der Waals surface area contributed by atoms with Gasteiger partial charge in [-0.05, 0) is 49.6 Å². The number of hydrogen-bond acceptors (Lipinski definition) is 14. The molecule has 1 saturated heterocycles. The minimum atomic E-state index is -3.60. The van der Waals surface area contributed by atoms with Crippen molar-refractivity contribution in [1.29, 1.82) is 0 Å². The molecule has 6 amide bonds. The summed E-state index contributed by atoms with van der Waals surface area (Å²) in [5.74, 6) is -6.95. The number of amides is 6. The number of piperidine rings is 1. The lowest BCUT2D eigenvalue weighted by atomic mass is 10.0. The van der Waals surface area contributed by atoms with Crippen LogP contribution in [0.15, 0.2) is 42.6 Å². The number of aromatic nitrogens is 2. The zero-order valence-electron chi connectivity index (χ0n) is 33.1. The monoisotopic (exact) mass is 833 g/mol. The van der Waals surface area contributed by atoms with Gasteiger partial charge in [0, 0.05) is 43.9 Å². The van der Waals surface area contributed by atoms with Gasteiger partial charge in [-0.2, -0.15) is 13.8 Å². The van der Waals surface area contributed by atoms with Crippen molar-refractivity contribution in [3.05, 3.63) is 59.3 Å². The molecule has 1 unspecified atom stereocenters. The molecule has 1 aromatic heterocycles. The van der Waals surface area contributed by atoms with Crippen LogP contribution < -0.4 is 35.8 Å². The van der Waals surface area contributed by atoms with Crippen LogP contribution in [0, 0.1) is 0 Å². The van der Waals surface area contributed by atoms with Gasteiger partial charge in [-0.15, -0.1) is 0 Å². The second-order valence-electron chi connectivity index (χ2n) is 14.7. The van der Waals surface area contributed by atoms with E-state index in [2.05, 4.69) is 31.2 Å². The van der Waals surface area contributed by atoms with Gasteiger partial charge < -0.3 is 40.0 Å². The Balaban J connectivity index is 0.841. The summed E-state index contributed by atoms with van der Waals surface area (Å²) in [7, 11) is 2.73. The number of fused-ring (bicyclic) bond motifs is 2. The van der Waals surface area contributed by atoms with E-state index >= 15 is 0 Å². The van der Waals surface area contributed by atoms with E-state index in [0.29, 0.717) is 42.1 Å². The van der Waals surface area contributed by atoms with Crippen LogP contribution in [0.2, 0.25) is 0 Å². The second-order valence-corrected chi connectivity index (χ2v) is 14.7. The van der Waals surface area contributed by atoms with Gasteiger partial charge >= 0.3 is 5.92 Å². The number of anilines is 5. The van der Waals surface area contributed by atoms with Crippen LogP contribution in [0.5, 0.6) is 5.75 Å². The lowest BCUT2D eigenvalue weighted by Crippen LogP contribution is -2.54. The number of nitrogens with zero attached hydrogens (tertiary/aromatic N) is 5. The fourth-order valence-electron chi connectivity index (χ4n) is 7.74. The standard InChI is InChI=1S/C40H45F2N9O9/c1-49-29-21-45-39(48-33(29)50(24-6-3-4-7-24)22-40(41,42)38(49)57)46-26-11-10-23(20-30(26)58-2)34(53)44-15-17-60-19-18-59-16-14-43-27-9-5-8-25-32(27)37(56)51(36(25)55)28-12-13-31(52)47-35(28)54/h5,8-11,20-21,24,28,43H,3-4,6-7,12-19,22H2,1-2H3,(H,44,53)(H,45,46,48)(H,47,52,54). The highest BCUT2D eigenvalue weighted by Crippen LogP contribution is 2.40. The van der Waals surface area contributed by atoms with Crippen molar-refractivity contribution in [1.82, 2.24) is 25.5 Å². The van der Waals surface area contributed by atoms with E-state index in [9.17, 15) is 37.5 Å². The SMILES string of the molecule is COc1cc(C(=O)NCCOCCOCCNc2cccc3c2C(=O)N(C2CCC(=O)NC2=O)C3=O)ccc1Nc1ncc2c(n1)N(C1CCCC1)CC(F)(F)C(=O)N2C. The van der Waals surface area contributed by atoms with Crippen LogP contribution in [0.1, 0.15) is 69.6 Å². The molecular formula is C40H45F2N9O9. The van der Waals surface area contributed by atoms with Crippen molar-refractivity contribution >= 4 is 64.3 Å². The molecule has 0 bridgehead atoms. The predicted octanol–water partition coefficient (Wildman–Crippen LogP) is 2.87. The third kappa shape index (κ3) is 8.69. The van der Waals surface area contributed by atoms with Crippen molar-refractivity contribution in [2.75, 3.05) is 80.7 Å². The third-order valence-electron chi connectivity index (χ3n) is 10.8. The quantitative estimate of drug-likeness (QED) is 0.121. The van der Waals surface area contributed by atoms with Crippen molar-refractivity contribution in [3.63, 3.8) is 0 Å². The number of alkyl halides is 2. The van der Waals surface area contributed by atoms with E-state index in [4.69, 9.17) is 14.2 Å². The number of ether oxygens (including phenoxy) is 3. The van der Waals surface area contributed by atoms with Gasteiger partial charge in [-0.25, -0.2) is 4.98 Å². The number of benzene rings is 2. The molecule has 18 nitrogen and oxygen atoms in total. The second kappa shape index (κ2) is 17.9. The maximum atomic E-state index is 15.0. The average Bonchev–Trinajstić information content (AvgIpc) is 3.85. The maximum absolute atomic E-state index is 15.0. The number of halogens is 2. The molecule has 4 N–H and O–H groups in total. The zero-order chi connectivity index (χ0) is 42.6. The first kappa shape index (κ1) is 41.9. The fourth-order valence-corrected chi connectivity index (χ4v) is 7.74. The summed E-state index contributed by atoms with van der Waals surface area (Å²) in [6.45, 7) is 0.703. The summed E-state index contributed by atoms with van der Waals surface area (Å²) in [6, 6.07) is 8.30. The molecule has 20 heteroatoms. The molecule has 7 rings (SSSR count). The van der Waals surface area contributed by atoms with Crippen molar-refractivity contribution in [2.45, 2.75) is 56.5 Å². The molecule has 4 aliphatic rings. The first-order valence-electron chi connectivity index (χ1n) is 19.6. The first-order chi connectivity index (χ1) is 28.9. The summed E-state index contributed by atoms with van der Waals surface area (Å²) in [5, 5.41) is 11.1. The Labute approximate surface area is 343 Å². The maximum Gasteiger partial charge on any atom is 0.342 e. The molecule has 3 aliphatic heterocycles. The van der Waals surface area contributed by atoms with Gasteiger partial charge in [0.15, 0.2) is 5.82 Å². The largest absolute Gasteiger partial charge is 0.495 e. The highest BCUT2D eigenvalue weighted by atomic mass is 19.3. The smallest absolute Gasteiger partial charge is 0.342 e. The molecule has 3 aromatic rings. The van der Waals surface area contributed by atoms with Gasteiger partial charge in [-0.3, -0.25) is 39.0 Å². The molecule has 2 fully saturated rings. The van der Waals surface area contributed by atoms with E-state index < -0.39 is 48.0 Å². The summed E-state index contributed by atoms with van der Waals surface area (Å²) < 4.78 is 46.7. The normalized spacial score (nSPS) is 18.9. The van der Waals surface area contributed by atoms with Gasteiger partial charge in [0.1, 0.15) is 17.5 Å². The van der Waals surface area contributed by atoms with Crippen LogP contribution in [-0.2, 0) is 23.9 Å². The zero-order valence-corrected chi connectivity index (χ0v) is 33.1. The number of hydrogen-bond donors (Lipinski definition) is 4. The number of methoxy groups -OCH3 is 1. The van der Waals surface area contributed by atoms with Crippen molar-refractivity contribution < 1.29 is 51.8 Å². The first-order valence-corrected chi connectivity index (χ1v) is 19.6. The molecule has 1 saturated carbocycles. The van der Waals surface area contributed by atoms with Crippen LogP contribution in [0.4, 0.5) is 37.6 Å². The molecule has 1 atom stereocenters. The van der Waals surface area contributed by atoms with Crippen LogP contribution in [0.3, 0.4) is 0 Å². The Hall–Kier alpha value is -6.28. The van der Waals surface area contributed by atoms with E-state index in [1.807, 2.05) is 0 Å². The minimum absolute atomic E-state index is 0.0338. The predicted molar refractivity (Wildman–Crippen MR) is 212 cm³/mol. The van der Waals surface area contributed by atoms with E-state index in [0.717, 1.165) is 22.6 Å². The average molecular weight is 834 g/mol. The third-order valence-corrected chi connectivity index (χ3v) is 10.8. The van der Waals surface area contributed by atoms with Gasteiger partial charge in [0.05, 0.1) is 63.1 Å². The lowest BCUT2D eigenvalue weighted by molar-refractivity contribution is -0.140. The van der Waals surface area contributed by atoms with E-state index in [-0.39, 0.29) is 86.3 Å². The molecule has 1 aliphatic carbocycles.